The van der Waals surface area contributed by atoms with E-state index in [-0.39, 0.29) is 5.69 Å². The number of halogens is 1. The van der Waals surface area contributed by atoms with E-state index in [1.54, 1.807) is 0 Å². The van der Waals surface area contributed by atoms with Crippen molar-refractivity contribution >= 4 is 21.8 Å². The summed E-state index contributed by atoms with van der Waals surface area (Å²) in [6.45, 7) is 0. The monoisotopic (exact) mass is 217 g/mol. The van der Waals surface area contributed by atoms with Gasteiger partial charge in [-0.2, -0.15) is 0 Å². The average molecular weight is 218 g/mol. The third-order valence-corrected chi connectivity index (χ3v) is 1.39. The Labute approximate surface area is 69.8 Å². The largest absolute Gasteiger partial charge is 0.364 e. The number of hydrogen-bond acceptors (Lipinski definition) is 3. The summed E-state index contributed by atoms with van der Waals surface area (Å²) in [5, 5.41) is 0. The third-order valence-electron chi connectivity index (χ3n) is 0.988. The quantitative estimate of drug-likeness (QED) is 0.673. The summed E-state index contributed by atoms with van der Waals surface area (Å²) < 4.78 is 0.410. The highest BCUT2D eigenvalue weighted by Crippen LogP contribution is 1.98. The first-order chi connectivity index (χ1) is 5.11. The molecule has 0 atom stereocenters. The molecule has 0 aliphatic heterocycles. The Kier molecular flexibility index (Phi) is 2.04. The summed E-state index contributed by atoms with van der Waals surface area (Å²) >= 11 is 2.98. The van der Waals surface area contributed by atoms with Crippen molar-refractivity contribution in [1.29, 1.82) is 0 Å². The summed E-state index contributed by atoms with van der Waals surface area (Å²) in [6.07, 6.45) is 1.29. The summed E-state index contributed by atoms with van der Waals surface area (Å²) in [5.74, 6) is -0.834. The van der Waals surface area contributed by atoms with Crippen molar-refractivity contribution in [3.05, 3.63) is 26.8 Å². The molecule has 1 rings (SSSR count). The fourth-order valence-electron chi connectivity index (χ4n) is 0.555. The van der Waals surface area contributed by atoms with Gasteiger partial charge in [-0.25, -0.2) is 4.98 Å². The number of carbonyl (C=O) groups is 1. The topological polar surface area (TPSA) is 88.8 Å². The Morgan fingerprint density at radius 3 is 2.82 bits per heavy atom. The van der Waals surface area contributed by atoms with E-state index in [4.69, 9.17) is 5.73 Å². The SMILES string of the molecule is NC(=O)c1ncc(Br)[nH]c1=O. The van der Waals surface area contributed by atoms with Gasteiger partial charge in [0.15, 0.2) is 5.69 Å². The van der Waals surface area contributed by atoms with Gasteiger partial charge in [0.25, 0.3) is 11.5 Å². The molecular weight excluding hydrogens is 214 g/mol. The van der Waals surface area contributed by atoms with Crippen LogP contribution in [0.1, 0.15) is 10.5 Å². The highest BCUT2D eigenvalue weighted by atomic mass is 79.9. The fraction of sp³-hybridized carbons (Fsp3) is 0. The van der Waals surface area contributed by atoms with Gasteiger partial charge in [-0.3, -0.25) is 9.59 Å². The van der Waals surface area contributed by atoms with E-state index >= 15 is 0 Å². The molecule has 0 radical (unpaired) electrons. The van der Waals surface area contributed by atoms with Crippen molar-refractivity contribution in [2.24, 2.45) is 5.73 Å². The van der Waals surface area contributed by atoms with Crippen LogP contribution < -0.4 is 11.3 Å². The van der Waals surface area contributed by atoms with Gasteiger partial charge in [0.1, 0.15) is 4.60 Å². The first-order valence-corrected chi connectivity index (χ1v) is 3.45. The normalized spacial score (nSPS) is 9.55. The van der Waals surface area contributed by atoms with Gasteiger partial charge in [-0.05, 0) is 15.9 Å². The van der Waals surface area contributed by atoms with E-state index in [1.165, 1.54) is 6.20 Å². The molecule has 1 aromatic heterocycles. The molecule has 0 aromatic carbocycles. The number of rotatable bonds is 1. The summed E-state index contributed by atoms with van der Waals surface area (Å²) in [4.78, 5) is 27.1. The predicted molar refractivity (Wildman–Crippen MR) is 41.1 cm³/mol. The van der Waals surface area contributed by atoms with Crippen LogP contribution in [0.3, 0.4) is 0 Å². The van der Waals surface area contributed by atoms with Crippen molar-refractivity contribution in [2.45, 2.75) is 0 Å². The number of primary amides is 1. The lowest BCUT2D eigenvalue weighted by Crippen LogP contribution is -2.25. The second-order valence-electron chi connectivity index (χ2n) is 1.77. The predicted octanol–water partition coefficient (Wildman–Crippen LogP) is -0.369. The van der Waals surface area contributed by atoms with Crippen molar-refractivity contribution in [2.75, 3.05) is 0 Å². The van der Waals surface area contributed by atoms with Gasteiger partial charge >= 0.3 is 0 Å². The maximum Gasteiger partial charge on any atom is 0.280 e. The molecule has 0 spiro atoms. The third kappa shape index (κ3) is 1.64. The minimum Gasteiger partial charge on any atom is -0.364 e. The lowest BCUT2D eigenvalue weighted by Gasteiger charge is -1.92. The highest BCUT2D eigenvalue weighted by Gasteiger charge is 2.06. The maximum atomic E-state index is 10.8. The molecule has 1 amide bonds. The minimum atomic E-state index is -0.834. The number of H-pyrrole nitrogens is 1. The molecule has 1 heterocycles. The Bertz CT molecular complexity index is 346. The van der Waals surface area contributed by atoms with Gasteiger partial charge in [0.2, 0.25) is 0 Å². The van der Waals surface area contributed by atoms with E-state index < -0.39 is 11.5 Å². The minimum absolute atomic E-state index is 0.284. The van der Waals surface area contributed by atoms with Crippen LogP contribution >= 0.6 is 15.9 Å². The Hall–Kier alpha value is -1.17. The second kappa shape index (κ2) is 2.83. The van der Waals surface area contributed by atoms with Crippen LogP contribution in [0.25, 0.3) is 0 Å². The molecule has 6 heteroatoms. The van der Waals surface area contributed by atoms with Crippen LogP contribution in [0.15, 0.2) is 15.6 Å². The van der Waals surface area contributed by atoms with Gasteiger partial charge in [-0.1, -0.05) is 0 Å². The van der Waals surface area contributed by atoms with E-state index in [1.807, 2.05) is 0 Å². The van der Waals surface area contributed by atoms with Crippen LogP contribution in [0, 0.1) is 0 Å². The molecule has 0 bridgehead atoms. The number of amides is 1. The van der Waals surface area contributed by atoms with E-state index in [9.17, 15) is 9.59 Å². The van der Waals surface area contributed by atoms with Gasteiger partial charge in [0.05, 0.1) is 6.20 Å². The number of carbonyl (C=O) groups excluding carboxylic acids is 1. The fourth-order valence-corrected chi connectivity index (χ4v) is 0.838. The average Bonchev–Trinajstić information content (AvgIpc) is 1.85. The van der Waals surface area contributed by atoms with Crippen molar-refractivity contribution < 1.29 is 4.79 Å². The first-order valence-electron chi connectivity index (χ1n) is 2.66. The Morgan fingerprint density at radius 1 is 1.73 bits per heavy atom. The van der Waals surface area contributed by atoms with E-state index in [0.717, 1.165) is 0 Å². The number of nitrogens with two attached hydrogens (primary N) is 1. The lowest BCUT2D eigenvalue weighted by molar-refractivity contribution is 0.0994. The van der Waals surface area contributed by atoms with Crippen LogP contribution in [0.4, 0.5) is 0 Å². The number of aromatic nitrogens is 2. The van der Waals surface area contributed by atoms with Crippen molar-refractivity contribution in [1.82, 2.24) is 9.97 Å². The molecule has 0 aliphatic carbocycles. The molecule has 0 aliphatic rings. The molecule has 5 nitrogen and oxygen atoms in total. The first kappa shape index (κ1) is 7.93. The molecule has 11 heavy (non-hydrogen) atoms. The summed E-state index contributed by atoms with van der Waals surface area (Å²) in [6, 6.07) is 0. The van der Waals surface area contributed by atoms with Crippen molar-refractivity contribution in [3.63, 3.8) is 0 Å². The zero-order valence-corrected chi connectivity index (χ0v) is 6.88. The molecule has 1 aromatic rings. The molecule has 0 fully saturated rings. The molecule has 3 N–H and O–H groups in total. The number of nitrogens with zero attached hydrogens (tertiary/aromatic N) is 1. The van der Waals surface area contributed by atoms with E-state index in [2.05, 4.69) is 25.9 Å². The van der Waals surface area contributed by atoms with Crippen LogP contribution in [0.5, 0.6) is 0 Å². The molecular formula is C5H4BrN3O2. The second-order valence-corrected chi connectivity index (χ2v) is 2.63. The summed E-state index contributed by atoms with van der Waals surface area (Å²) in [7, 11) is 0. The Balaban J connectivity index is 3.32. The molecule has 58 valence electrons. The van der Waals surface area contributed by atoms with Crippen LogP contribution in [-0.4, -0.2) is 15.9 Å². The van der Waals surface area contributed by atoms with Crippen molar-refractivity contribution in [3.8, 4) is 0 Å². The molecule has 0 saturated heterocycles. The molecule has 0 saturated carbocycles. The Morgan fingerprint density at radius 2 is 2.36 bits per heavy atom. The van der Waals surface area contributed by atoms with Gasteiger partial charge < -0.3 is 10.7 Å². The van der Waals surface area contributed by atoms with Crippen LogP contribution in [0.2, 0.25) is 0 Å². The van der Waals surface area contributed by atoms with Gasteiger partial charge in [-0.15, -0.1) is 0 Å². The zero-order valence-electron chi connectivity index (χ0n) is 5.30. The number of nitrogens with one attached hydrogen (secondary N) is 1. The van der Waals surface area contributed by atoms with Crippen LogP contribution in [-0.2, 0) is 0 Å². The number of aromatic amines is 1. The molecule has 0 unspecified atom stereocenters. The summed E-state index contributed by atoms with van der Waals surface area (Å²) in [5.41, 5.74) is 3.95. The standard InChI is InChI=1S/C5H4BrN3O2/c6-2-1-8-3(4(7)10)5(11)9-2/h1H,(H2,7,10)(H,9,11). The van der Waals surface area contributed by atoms with Gasteiger partial charge in [0, 0.05) is 0 Å². The smallest absolute Gasteiger partial charge is 0.280 e. The highest BCUT2D eigenvalue weighted by molar-refractivity contribution is 9.10. The number of hydrogen-bond donors (Lipinski definition) is 2. The lowest BCUT2D eigenvalue weighted by atomic mass is 10.4. The zero-order chi connectivity index (χ0) is 8.43. The maximum absolute atomic E-state index is 10.8. The van der Waals surface area contributed by atoms with E-state index in [0.29, 0.717) is 4.60 Å².